The number of hydrogen-bond donors (Lipinski definition) is 1. The summed E-state index contributed by atoms with van der Waals surface area (Å²) in [5, 5.41) is 4.35. The predicted molar refractivity (Wildman–Crippen MR) is 66.4 cm³/mol. The normalized spacial score (nSPS) is 10.1. The highest BCUT2D eigenvalue weighted by Gasteiger charge is 2.08. The maximum absolute atomic E-state index is 12.9. The van der Waals surface area contributed by atoms with E-state index in [9.17, 15) is 9.18 Å². The van der Waals surface area contributed by atoms with Crippen LogP contribution < -0.4 is 5.32 Å². The molecule has 0 spiro atoms. The summed E-state index contributed by atoms with van der Waals surface area (Å²) in [5.74, 6) is -0.614. The molecule has 16 heavy (non-hydrogen) atoms. The average molecular weight is 300 g/mol. The molecule has 0 saturated heterocycles. The molecular weight excluding hydrogens is 293 g/mol. The first-order valence-corrected chi connectivity index (χ1v) is 6.13. The number of halogens is 2. The Labute approximate surface area is 104 Å². The van der Waals surface area contributed by atoms with Gasteiger partial charge in [-0.3, -0.25) is 4.79 Å². The van der Waals surface area contributed by atoms with Crippen LogP contribution >= 0.6 is 27.3 Å². The van der Waals surface area contributed by atoms with Gasteiger partial charge in [-0.05, 0) is 40.2 Å². The number of carbonyl (C=O) groups is 1. The number of carbonyl (C=O) groups excluding carboxylic acids is 1. The van der Waals surface area contributed by atoms with Crippen LogP contribution in [-0.4, -0.2) is 5.91 Å². The summed E-state index contributed by atoms with van der Waals surface area (Å²) in [7, 11) is 0. The van der Waals surface area contributed by atoms with Crippen LogP contribution in [0.3, 0.4) is 0 Å². The summed E-state index contributed by atoms with van der Waals surface area (Å²) in [4.78, 5) is 11.7. The molecule has 0 unspecified atom stereocenters. The summed E-state index contributed by atoms with van der Waals surface area (Å²) in [6, 6.07) is 7.52. The third-order valence-corrected chi connectivity index (χ3v) is 3.42. The van der Waals surface area contributed by atoms with Gasteiger partial charge in [0.05, 0.1) is 9.35 Å². The number of hydrogen-bond acceptors (Lipinski definition) is 2. The number of anilines is 1. The summed E-state index contributed by atoms with van der Waals surface area (Å²) < 4.78 is 13.8. The van der Waals surface area contributed by atoms with Crippen LogP contribution in [0, 0.1) is 5.82 Å². The van der Waals surface area contributed by atoms with Crippen molar-refractivity contribution in [2.24, 2.45) is 0 Å². The van der Waals surface area contributed by atoms with E-state index in [1.165, 1.54) is 23.5 Å². The zero-order valence-electron chi connectivity index (χ0n) is 8.04. The Morgan fingerprint density at radius 3 is 2.81 bits per heavy atom. The van der Waals surface area contributed by atoms with Gasteiger partial charge in [0.2, 0.25) is 0 Å². The van der Waals surface area contributed by atoms with Gasteiger partial charge in [0.25, 0.3) is 5.91 Å². The van der Waals surface area contributed by atoms with Crippen molar-refractivity contribution in [3.8, 4) is 0 Å². The van der Waals surface area contributed by atoms with Crippen LogP contribution in [-0.2, 0) is 0 Å². The number of nitrogens with one attached hydrogen (secondary N) is 1. The summed E-state index contributed by atoms with van der Waals surface area (Å²) in [5.41, 5.74) is 1.01. The number of thiophene rings is 1. The topological polar surface area (TPSA) is 29.1 Å². The average Bonchev–Trinajstić information content (AvgIpc) is 2.65. The molecule has 1 amide bonds. The predicted octanol–water partition coefficient (Wildman–Crippen LogP) is 3.90. The lowest BCUT2D eigenvalue weighted by Crippen LogP contribution is -2.10. The van der Waals surface area contributed by atoms with Crippen molar-refractivity contribution in [1.29, 1.82) is 0 Å². The third-order valence-electron chi connectivity index (χ3n) is 1.91. The molecule has 1 heterocycles. The van der Waals surface area contributed by atoms with Crippen LogP contribution in [0.15, 0.2) is 39.5 Å². The lowest BCUT2D eigenvalue weighted by molar-refractivity contribution is 0.102. The van der Waals surface area contributed by atoms with E-state index in [1.807, 2.05) is 0 Å². The molecule has 0 bridgehead atoms. The molecule has 0 saturated carbocycles. The molecule has 0 radical (unpaired) electrons. The SMILES string of the molecule is O=C(Nc1cccc(F)c1)c1csc(Br)c1. The minimum atomic E-state index is -0.371. The van der Waals surface area contributed by atoms with Gasteiger partial charge in [0.1, 0.15) is 5.82 Å². The maximum Gasteiger partial charge on any atom is 0.256 e. The van der Waals surface area contributed by atoms with E-state index >= 15 is 0 Å². The van der Waals surface area contributed by atoms with E-state index in [-0.39, 0.29) is 11.7 Å². The third kappa shape index (κ3) is 2.68. The summed E-state index contributed by atoms with van der Waals surface area (Å²) >= 11 is 4.70. The molecule has 2 rings (SSSR count). The standard InChI is InChI=1S/C11H7BrFNOS/c12-10-4-7(6-16-10)11(15)14-9-3-1-2-8(13)5-9/h1-6H,(H,14,15). The quantitative estimate of drug-likeness (QED) is 0.895. The van der Waals surface area contributed by atoms with Crippen molar-refractivity contribution in [1.82, 2.24) is 0 Å². The van der Waals surface area contributed by atoms with Crippen LogP contribution in [0.2, 0.25) is 0 Å². The van der Waals surface area contributed by atoms with Gasteiger partial charge in [-0.1, -0.05) is 6.07 Å². The molecule has 0 atom stereocenters. The highest BCUT2D eigenvalue weighted by Crippen LogP contribution is 2.21. The van der Waals surface area contributed by atoms with Gasteiger partial charge < -0.3 is 5.32 Å². The Morgan fingerprint density at radius 2 is 2.19 bits per heavy atom. The monoisotopic (exact) mass is 299 g/mol. The van der Waals surface area contributed by atoms with Crippen molar-refractivity contribution in [2.75, 3.05) is 5.32 Å². The first-order valence-electron chi connectivity index (χ1n) is 4.46. The Bertz CT molecular complexity index is 526. The van der Waals surface area contributed by atoms with Crippen molar-refractivity contribution in [3.05, 3.63) is 50.9 Å². The molecule has 5 heteroatoms. The first-order chi connectivity index (χ1) is 7.65. The number of rotatable bonds is 2. The Balaban J connectivity index is 2.13. The molecule has 2 nitrogen and oxygen atoms in total. The second kappa shape index (κ2) is 4.76. The summed E-state index contributed by atoms with van der Waals surface area (Å²) in [6.07, 6.45) is 0. The highest BCUT2D eigenvalue weighted by atomic mass is 79.9. The Hall–Kier alpha value is -1.20. The molecule has 1 aromatic heterocycles. The largest absolute Gasteiger partial charge is 0.322 e. The van der Waals surface area contributed by atoms with Gasteiger partial charge in [-0.25, -0.2) is 4.39 Å². The maximum atomic E-state index is 12.9. The highest BCUT2D eigenvalue weighted by molar-refractivity contribution is 9.11. The zero-order chi connectivity index (χ0) is 11.5. The lowest BCUT2D eigenvalue weighted by Gasteiger charge is -2.02. The van der Waals surface area contributed by atoms with E-state index in [4.69, 9.17) is 0 Å². The van der Waals surface area contributed by atoms with E-state index in [2.05, 4.69) is 21.2 Å². The molecule has 82 valence electrons. The van der Waals surface area contributed by atoms with Gasteiger partial charge in [0, 0.05) is 11.1 Å². The molecule has 0 fully saturated rings. The smallest absolute Gasteiger partial charge is 0.256 e. The van der Waals surface area contributed by atoms with E-state index in [0.717, 1.165) is 3.79 Å². The molecule has 0 aliphatic carbocycles. The van der Waals surface area contributed by atoms with E-state index < -0.39 is 0 Å². The van der Waals surface area contributed by atoms with E-state index in [1.54, 1.807) is 23.6 Å². The molecule has 1 N–H and O–H groups in total. The molecular formula is C11H7BrFNOS. The Morgan fingerprint density at radius 1 is 1.38 bits per heavy atom. The molecule has 2 aromatic rings. The van der Waals surface area contributed by atoms with Crippen molar-refractivity contribution >= 4 is 38.9 Å². The molecule has 0 aliphatic rings. The van der Waals surface area contributed by atoms with Gasteiger partial charge in [-0.2, -0.15) is 0 Å². The van der Waals surface area contributed by atoms with Crippen LogP contribution in [0.25, 0.3) is 0 Å². The van der Waals surface area contributed by atoms with Crippen molar-refractivity contribution in [3.63, 3.8) is 0 Å². The van der Waals surface area contributed by atoms with Crippen LogP contribution in [0.5, 0.6) is 0 Å². The minimum absolute atomic E-state index is 0.243. The summed E-state index contributed by atoms with van der Waals surface area (Å²) in [6.45, 7) is 0. The van der Waals surface area contributed by atoms with E-state index in [0.29, 0.717) is 11.3 Å². The number of amides is 1. The number of benzene rings is 1. The molecule has 0 aliphatic heterocycles. The van der Waals surface area contributed by atoms with Gasteiger partial charge in [0.15, 0.2) is 0 Å². The van der Waals surface area contributed by atoms with Crippen LogP contribution in [0.4, 0.5) is 10.1 Å². The minimum Gasteiger partial charge on any atom is -0.322 e. The van der Waals surface area contributed by atoms with Gasteiger partial charge in [-0.15, -0.1) is 11.3 Å². The molecule has 1 aromatic carbocycles. The second-order valence-electron chi connectivity index (χ2n) is 3.10. The first kappa shape index (κ1) is 11.3. The lowest BCUT2D eigenvalue weighted by atomic mass is 10.2. The van der Waals surface area contributed by atoms with Crippen molar-refractivity contribution in [2.45, 2.75) is 0 Å². The Kier molecular flexibility index (Phi) is 3.36. The zero-order valence-corrected chi connectivity index (χ0v) is 10.4. The fraction of sp³-hybridized carbons (Fsp3) is 0. The van der Waals surface area contributed by atoms with Crippen LogP contribution in [0.1, 0.15) is 10.4 Å². The fourth-order valence-corrected chi connectivity index (χ4v) is 2.34. The second-order valence-corrected chi connectivity index (χ2v) is 5.39. The fourth-order valence-electron chi connectivity index (χ4n) is 1.20. The van der Waals surface area contributed by atoms with Crippen molar-refractivity contribution < 1.29 is 9.18 Å². The van der Waals surface area contributed by atoms with Gasteiger partial charge >= 0.3 is 0 Å².